The van der Waals surface area contributed by atoms with Gasteiger partial charge in [0.25, 0.3) is 0 Å². The summed E-state index contributed by atoms with van der Waals surface area (Å²) >= 11 is 0. The zero-order valence-electron chi connectivity index (χ0n) is 40.9. The number of carbonyl (C=O) groups is 2. The summed E-state index contributed by atoms with van der Waals surface area (Å²) in [6.45, 7) is 13.1. The van der Waals surface area contributed by atoms with E-state index < -0.39 is 46.9 Å². The van der Waals surface area contributed by atoms with Crippen molar-refractivity contribution in [2.24, 2.45) is 0 Å². The molecule has 0 heterocycles. The molecule has 59 heavy (non-hydrogen) atoms. The number of rotatable bonds is 42. The van der Waals surface area contributed by atoms with Crippen molar-refractivity contribution in [3.8, 4) is 0 Å². The Hall–Kier alpha value is -0.290. The van der Waals surface area contributed by atoms with E-state index in [0.29, 0.717) is 6.42 Å². The van der Waals surface area contributed by atoms with Gasteiger partial charge in [-0.05, 0) is 0 Å². The first-order valence-corrected chi connectivity index (χ1v) is 32.8. The summed E-state index contributed by atoms with van der Waals surface area (Å²) < 4.78 is 51.7. The van der Waals surface area contributed by atoms with Crippen LogP contribution in [0.5, 0.6) is 0 Å². The van der Waals surface area contributed by atoms with Gasteiger partial charge in [-0.1, -0.05) is 26.2 Å². The fourth-order valence-electron chi connectivity index (χ4n) is 9.71. The Kier molecular flexibility index (Phi) is 31.4. The summed E-state index contributed by atoms with van der Waals surface area (Å²) in [5, 5.41) is 0. The van der Waals surface area contributed by atoms with Crippen molar-refractivity contribution >= 4 is 35.7 Å². The molecule has 0 radical (unpaired) electrons. The number of hydrogen-bond donors (Lipinski definition) is 1. The van der Waals surface area contributed by atoms with E-state index in [1.165, 1.54) is 38.5 Å². The van der Waals surface area contributed by atoms with Crippen LogP contribution in [0.2, 0.25) is 0 Å². The topological polar surface area (TPSA) is 107 Å². The first kappa shape index (κ1) is 58.7. The monoisotopic (exact) mass is 897 g/mol. The molecule has 1 atom stereocenters. The second-order valence-electron chi connectivity index (χ2n) is 19.1. The van der Waals surface area contributed by atoms with E-state index in [4.69, 9.17) is 9.05 Å². The fraction of sp³-hybridized carbons (Fsp3) is 0.959. The van der Waals surface area contributed by atoms with Crippen LogP contribution in [0.25, 0.3) is 0 Å². The SMILES string of the molecule is CCCCCCCCCCCCCC(CC(=O)OP(CCCC)(CCCC)(CCCC)CCCC)(C(=O)OP(CCCC)(CCCC)(CCCC)CCCC)S(=O)(=O)O. The Bertz CT molecular complexity index is 1120. The van der Waals surface area contributed by atoms with Crippen LogP contribution in [-0.4, -0.2) is 79.0 Å². The van der Waals surface area contributed by atoms with E-state index in [1.807, 2.05) is 0 Å². The van der Waals surface area contributed by atoms with Crippen LogP contribution in [0.1, 0.15) is 249 Å². The number of unbranched alkanes of at least 4 members (excludes halogenated alkanes) is 18. The van der Waals surface area contributed by atoms with Crippen molar-refractivity contribution < 1.29 is 31.6 Å². The van der Waals surface area contributed by atoms with Gasteiger partial charge < -0.3 is 0 Å². The van der Waals surface area contributed by atoms with Gasteiger partial charge in [0.05, 0.1) is 0 Å². The summed E-state index contributed by atoms with van der Waals surface area (Å²) in [7, 11) is -5.10. The molecule has 10 heteroatoms. The quantitative estimate of drug-likeness (QED) is 0.0369. The Balaban J connectivity index is 7.44. The van der Waals surface area contributed by atoms with Gasteiger partial charge in [-0.2, -0.15) is 0 Å². The summed E-state index contributed by atoms with van der Waals surface area (Å²) in [6.07, 6.45) is 32.6. The molecule has 1 N–H and O–H groups in total. The van der Waals surface area contributed by atoms with E-state index in [0.717, 1.165) is 178 Å². The minimum atomic E-state index is -5.10. The van der Waals surface area contributed by atoms with Crippen LogP contribution < -0.4 is 0 Å². The second-order valence-corrected chi connectivity index (χ2v) is 32.2. The molecule has 0 aromatic rings. The Morgan fingerprint density at radius 1 is 0.407 bits per heavy atom. The number of carbonyl (C=O) groups excluding carboxylic acids is 2. The predicted octanol–water partition coefficient (Wildman–Crippen LogP) is 16.1. The Morgan fingerprint density at radius 3 is 0.932 bits per heavy atom. The van der Waals surface area contributed by atoms with Crippen molar-refractivity contribution in [2.75, 3.05) is 49.3 Å². The average Bonchev–Trinajstić information content (AvgIpc) is 3.22. The molecule has 0 aliphatic carbocycles. The summed E-state index contributed by atoms with van der Waals surface area (Å²) in [6, 6.07) is 0. The molecule has 0 aliphatic heterocycles. The fourth-order valence-corrected chi connectivity index (χ4v) is 24.3. The third-order valence-corrected chi connectivity index (χ3v) is 28.3. The third-order valence-electron chi connectivity index (χ3n) is 13.8. The van der Waals surface area contributed by atoms with Crippen LogP contribution >= 0.6 is 13.7 Å². The van der Waals surface area contributed by atoms with Gasteiger partial charge in [-0.25, -0.2) is 0 Å². The van der Waals surface area contributed by atoms with Crippen molar-refractivity contribution in [2.45, 2.75) is 253 Å². The van der Waals surface area contributed by atoms with Crippen molar-refractivity contribution in [3.05, 3.63) is 0 Å². The molecule has 0 saturated heterocycles. The normalized spacial score (nSPS) is 14.9. The molecule has 0 bridgehead atoms. The van der Waals surface area contributed by atoms with E-state index in [-0.39, 0.29) is 6.42 Å². The summed E-state index contributed by atoms with van der Waals surface area (Å²) in [4.78, 5) is 30.4. The zero-order chi connectivity index (χ0) is 44.6. The van der Waals surface area contributed by atoms with E-state index in [2.05, 4.69) is 62.3 Å². The molecule has 0 aromatic heterocycles. The molecular weight excluding hydrogens is 795 g/mol. The maximum atomic E-state index is 15.4. The molecule has 356 valence electrons. The van der Waals surface area contributed by atoms with Gasteiger partial charge in [0.15, 0.2) is 0 Å². The van der Waals surface area contributed by atoms with Crippen LogP contribution in [0.4, 0.5) is 0 Å². The van der Waals surface area contributed by atoms with Gasteiger partial charge >= 0.3 is 344 Å². The van der Waals surface area contributed by atoms with Gasteiger partial charge in [-0.3, -0.25) is 0 Å². The summed E-state index contributed by atoms with van der Waals surface area (Å²) in [5.74, 6) is -1.49. The minimum absolute atomic E-state index is 0.129. The first-order chi connectivity index (χ1) is 28.2. The maximum absolute atomic E-state index is 15.4. The molecule has 0 saturated carbocycles. The number of hydrogen-bond acceptors (Lipinski definition) is 6. The zero-order valence-corrected chi connectivity index (χ0v) is 43.5. The van der Waals surface area contributed by atoms with Crippen molar-refractivity contribution in [3.63, 3.8) is 0 Å². The molecule has 0 rings (SSSR count). The van der Waals surface area contributed by atoms with Gasteiger partial charge in [0, 0.05) is 0 Å². The first-order valence-electron chi connectivity index (χ1n) is 25.6. The molecule has 1 unspecified atom stereocenters. The van der Waals surface area contributed by atoms with Gasteiger partial charge in [0.1, 0.15) is 0 Å². The van der Waals surface area contributed by atoms with Crippen LogP contribution in [0, 0.1) is 0 Å². The standard InChI is InChI=1S/C49H102O7P2S/c1-10-19-28-29-30-31-32-33-34-35-36-37-49(59(52,53)54,48(51)56-58(42-24-15-6,43-25-16-7,44-26-17-8)45-27-18-9)46-47(50)55-57(38-20-11-2,39-21-12-3,40-22-13-4)41-23-14-5/h10-46H2,1-9H3,(H,52,53,54). The van der Waals surface area contributed by atoms with Gasteiger partial charge in [0.2, 0.25) is 0 Å². The van der Waals surface area contributed by atoms with Crippen molar-refractivity contribution in [1.29, 1.82) is 0 Å². The molecule has 0 amide bonds. The third kappa shape index (κ3) is 20.4. The molecule has 0 aliphatic rings. The van der Waals surface area contributed by atoms with Gasteiger partial charge in [-0.15, -0.1) is 0 Å². The molecule has 0 spiro atoms. The molecular formula is C49H102O7P2S. The van der Waals surface area contributed by atoms with Crippen LogP contribution in [0.3, 0.4) is 0 Å². The molecule has 7 nitrogen and oxygen atoms in total. The van der Waals surface area contributed by atoms with Crippen molar-refractivity contribution in [1.82, 2.24) is 0 Å². The van der Waals surface area contributed by atoms with Crippen LogP contribution in [-0.2, 0) is 28.8 Å². The second kappa shape index (κ2) is 31.5. The molecule has 0 aromatic carbocycles. The Labute approximate surface area is 368 Å². The Morgan fingerprint density at radius 2 is 0.661 bits per heavy atom. The average molecular weight is 897 g/mol. The van der Waals surface area contributed by atoms with E-state index in [1.54, 1.807) is 0 Å². The van der Waals surface area contributed by atoms with E-state index in [9.17, 15) is 17.8 Å². The molecule has 0 fully saturated rings. The predicted molar refractivity (Wildman–Crippen MR) is 264 cm³/mol. The van der Waals surface area contributed by atoms with E-state index >= 15 is 4.79 Å². The van der Waals surface area contributed by atoms with Crippen LogP contribution in [0.15, 0.2) is 0 Å². The summed E-state index contributed by atoms with van der Waals surface area (Å²) in [5.41, 5.74) is 0.